The van der Waals surface area contributed by atoms with Crippen LogP contribution in [0.5, 0.6) is 0 Å². The molecule has 0 unspecified atom stereocenters. The van der Waals surface area contributed by atoms with Gasteiger partial charge < -0.3 is 4.42 Å². The van der Waals surface area contributed by atoms with E-state index in [4.69, 9.17) is 4.42 Å². The third kappa shape index (κ3) is 18.3. The van der Waals surface area contributed by atoms with E-state index in [9.17, 15) is 0 Å². The van der Waals surface area contributed by atoms with E-state index in [1.807, 2.05) is 158 Å². The zero-order valence-corrected chi connectivity index (χ0v) is 63.3. The normalized spacial score (nSPS) is 10.2. The van der Waals surface area contributed by atoms with Crippen LogP contribution < -0.4 is 0 Å². The molecule has 0 bridgehead atoms. The van der Waals surface area contributed by atoms with Crippen LogP contribution in [0.1, 0.15) is 11.4 Å². The topological polar surface area (TPSA) is 100 Å². The Morgan fingerprint density at radius 1 is 0.337 bits per heavy atom. The predicted molar refractivity (Wildman–Crippen MR) is 381 cm³/mol. The molecule has 0 atom stereocenters. The number of oxazole rings is 1. The van der Waals surface area contributed by atoms with Crippen molar-refractivity contribution in [2.45, 2.75) is 13.8 Å². The Balaban J connectivity index is 0.000000151. The number of hydrogen-bond acceptors (Lipinski definition) is 8. The molecule has 98 heavy (non-hydrogen) atoms. The van der Waals surface area contributed by atoms with Crippen molar-refractivity contribution in [3.05, 3.63) is 363 Å². The van der Waals surface area contributed by atoms with Gasteiger partial charge in [0.2, 0.25) is 0 Å². The summed E-state index contributed by atoms with van der Waals surface area (Å²) in [6, 6.07) is 119. The molecule has 0 aliphatic rings. The number of aryl methyl sites for hydroxylation is 1. The molecule has 12 aromatic carbocycles. The fourth-order valence-corrected chi connectivity index (χ4v) is 11.4. The standard InChI is InChI=1S/2C21H16N3.C21H14NO.C21H14NS.4Ir/c1-16-21(22-23-24(16)20-10-6-3-7-11-20)19-14-12-18(13-15-19)17-8-4-2-5-9-17;1-16-21(23-24(22-16)20-10-6-3-7-11-20)19-14-12-18(13-15-19)17-8-4-2-5-9-17;2*1-3-7-16(8-4-1)17-11-13-18(14-12-17)20-15-22-21(23-20)19-9-5-2-6-10-19;;;;/h2*2-10,12-15H,1H3;2*1-9,11-15H;;;;/q4*-1;;;;. The van der Waals surface area contributed by atoms with E-state index in [0.717, 1.165) is 72.7 Å². The van der Waals surface area contributed by atoms with Gasteiger partial charge >= 0.3 is 0 Å². The second-order valence-corrected chi connectivity index (χ2v) is 22.8. The molecule has 0 saturated heterocycles. The largest absolute Gasteiger partial charge is 0.481 e. The summed E-state index contributed by atoms with van der Waals surface area (Å²) >= 11 is 1.70. The van der Waals surface area contributed by atoms with Crippen molar-refractivity contribution in [1.82, 2.24) is 40.0 Å². The Kier molecular flexibility index (Phi) is 26.7. The summed E-state index contributed by atoms with van der Waals surface area (Å²) in [6.45, 7) is 4.01. The molecule has 16 rings (SSSR count). The van der Waals surface area contributed by atoms with Crippen molar-refractivity contribution in [3.63, 3.8) is 0 Å². The van der Waals surface area contributed by atoms with Gasteiger partial charge in [0.15, 0.2) is 0 Å². The van der Waals surface area contributed by atoms with Gasteiger partial charge in [0.25, 0.3) is 0 Å². The minimum Gasteiger partial charge on any atom is -0.481 e. The molecule has 0 fully saturated rings. The van der Waals surface area contributed by atoms with E-state index in [2.05, 4.69) is 237 Å². The zero-order chi connectivity index (χ0) is 63.7. The Morgan fingerprint density at radius 2 is 0.724 bits per heavy atom. The number of para-hydroxylation sites is 2. The first-order chi connectivity index (χ1) is 46.4. The van der Waals surface area contributed by atoms with Crippen LogP contribution in [0.15, 0.2) is 332 Å². The van der Waals surface area contributed by atoms with E-state index in [-0.39, 0.29) is 80.4 Å². The van der Waals surface area contributed by atoms with Crippen LogP contribution in [0.2, 0.25) is 0 Å². The minimum absolute atomic E-state index is 0. The van der Waals surface area contributed by atoms with Crippen LogP contribution in [0.25, 0.3) is 122 Å². The van der Waals surface area contributed by atoms with Gasteiger partial charge in [-0.05, 0) is 75.3 Å². The Morgan fingerprint density at radius 3 is 1.17 bits per heavy atom. The molecule has 4 heterocycles. The van der Waals surface area contributed by atoms with E-state index in [0.29, 0.717) is 5.89 Å². The van der Waals surface area contributed by atoms with Gasteiger partial charge in [-0.1, -0.05) is 229 Å². The smallest absolute Gasteiger partial charge is 0.141 e. The second kappa shape index (κ2) is 36.1. The molecule has 0 N–H and O–H groups in total. The SMILES string of the molecule is Cc1c(-c2ccc(-c3ccccc3)cc2)nnn1-c1[c-]cccc1.Cc1nn(-c2[c-]cccc2)nc1-c1ccc(-c2ccccc2)cc1.[Ir].[Ir].[Ir].[Ir].[c-]1ccccc1-c1ncc(-c2ccc(-c3ccccc3)cc2)o1.[c-]1ccccc1-c1ncc(-c2ccc(-c3ccccc3)cc2)s1. The molecule has 488 valence electrons. The van der Waals surface area contributed by atoms with Crippen molar-refractivity contribution < 1.29 is 84.8 Å². The van der Waals surface area contributed by atoms with Crippen molar-refractivity contribution >= 4 is 11.3 Å². The summed E-state index contributed by atoms with van der Waals surface area (Å²) < 4.78 is 7.68. The molecule has 0 aliphatic heterocycles. The van der Waals surface area contributed by atoms with Crippen LogP contribution in [-0.2, 0) is 80.4 Å². The predicted octanol–water partition coefficient (Wildman–Crippen LogP) is 20.8. The molecule has 4 radical (unpaired) electrons. The van der Waals surface area contributed by atoms with Crippen LogP contribution >= 0.6 is 11.3 Å². The average Bonchev–Trinajstić information content (AvgIpc) is 1.78. The van der Waals surface area contributed by atoms with Crippen molar-refractivity contribution in [2.75, 3.05) is 0 Å². The van der Waals surface area contributed by atoms with Crippen molar-refractivity contribution in [1.29, 1.82) is 0 Å². The molecule has 0 saturated carbocycles. The van der Waals surface area contributed by atoms with Gasteiger partial charge in [0.05, 0.1) is 17.6 Å². The molecule has 9 nitrogen and oxygen atoms in total. The molecule has 14 heteroatoms. The van der Waals surface area contributed by atoms with Gasteiger partial charge in [0, 0.05) is 113 Å². The number of rotatable bonds is 12. The summed E-state index contributed by atoms with van der Waals surface area (Å²) in [4.78, 5) is 11.7. The minimum atomic E-state index is 0. The Bertz CT molecular complexity index is 4740. The van der Waals surface area contributed by atoms with Gasteiger partial charge in [-0.25, -0.2) is 4.68 Å². The van der Waals surface area contributed by atoms with Gasteiger partial charge in [-0.15, -0.1) is 83.5 Å². The Labute approximate surface area is 629 Å². The third-order valence-electron chi connectivity index (χ3n) is 15.5. The summed E-state index contributed by atoms with van der Waals surface area (Å²) in [7, 11) is 0. The monoisotopic (exact) mass is 2000 g/mol. The summed E-state index contributed by atoms with van der Waals surface area (Å²) in [5.41, 5.74) is 21.4. The molecule has 0 aliphatic carbocycles. The molecule has 0 spiro atoms. The van der Waals surface area contributed by atoms with Crippen LogP contribution in [0.4, 0.5) is 0 Å². The molecular weight excluding hydrogens is 1940 g/mol. The fraction of sp³-hybridized carbons (Fsp3) is 0.0238. The van der Waals surface area contributed by atoms with E-state index in [1.165, 1.54) is 54.9 Å². The number of aromatic nitrogens is 8. The number of nitrogens with zero attached hydrogens (tertiary/aromatic N) is 8. The molecule has 16 aromatic rings. The van der Waals surface area contributed by atoms with E-state index in [1.54, 1.807) is 22.3 Å². The fourth-order valence-electron chi connectivity index (χ4n) is 10.5. The summed E-state index contributed by atoms with van der Waals surface area (Å²) in [6.07, 6.45) is 3.70. The van der Waals surface area contributed by atoms with Crippen LogP contribution in [0.3, 0.4) is 0 Å². The molecule has 0 amide bonds. The Hall–Kier alpha value is -9.64. The second-order valence-electron chi connectivity index (χ2n) is 21.7. The quantitative estimate of drug-likeness (QED) is 0.112. The average molecular weight is 2000 g/mol. The van der Waals surface area contributed by atoms with Crippen molar-refractivity contribution in [3.8, 4) is 122 Å². The van der Waals surface area contributed by atoms with Crippen LogP contribution in [-0.4, -0.2) is 40.0 Å². The molecular formula is C84H60Ir4N8OS-4. The van der Waals surface area contributed by atoms with E-state index < -0.39 is 0 Å². The van der Waals surface area contributed by atoms with Gasteiger partial charge in [0.1, 0.15) is 23.0 Å². The van der Waals surface area contributed by atoms with Crippen molar-refractivity contribution in [2.24, 2.45) is 0 Å². The number of benzene rings is 12. The first kappa shape index (κ1) is 72.6. The van der Waals surface area contributed by atoms with Crippen LogP contribution in [0, 0.1) is 38.1 Å². The third-order valence-corrected chi connectivity index (χ3v) is 16.6. The maximum absolute atomic E-state index is 5.86. The maximum Gasteiger partial charge on any atom is 0.141 e. The van der Waals surface area contributed by atoms with Gasteiger partial charge in [-0.2, -0.15) is 74.9 Å². The van der Waals surface area contributed by atoms with Gasteiger partial charge in [-0.3, -0.25) is 9.97 Å². The first-order valence-corrected chi connectivity index (χ1v) is 31.6. The zero-order valence-electron chi connectivity index (χ0n) is 52.9. The van der Waals surface area contributed by atoms with E-state index >= 15 is 0 Å². The number of hydrogen-bond donors (Lipinski definition) is 0. The molecule has 4 aromatic heterocycles. The first-order valence-electron chi connectivity index (χ1n) is 30.7. The number of thiazole rings is 1. The summed E-state index contributed by atoms with van der Waals surface area (Å²) in [5, 5.41) is 18.8. The summed E-state index contributed by atoms with van der Waals surface area (Å²) in [5.74, 6) is 1.35. The maximum atomic E-state index is 5.86.